The first kappa shape index (κ1) is 10.4. The summed E-state index contributed by atoms with van der Waals surface area (Å²) in [6.07, 6.45) is 2.70. The van der Waals surface area contributed by atoms with Crippen LogP contribution in [0.3, 0.4) is 0 Å². The number of nitrogens with two attached hydrogens (primary N) is 1. The highest BCUT2D eigenvalue weighted by Gasteiger charge is 2.07. The maximum atomic E-state index is 10.7. The molecule has 4 nitrogen and oxygen atoms in total. The van der Waals surface area contributed by atoms with Crippen LogP contribution in [0.5, 0.6) is 0 Å². The van der Waals surface area contributed by atoms with E-state index in [2.05, 4.69) is 5.10 Å². The molecule has 0 saturated heterocycles. The Morgan fingerprint density at radius 2 is 2.09 bits per heavy atom. The average molecular weight is 178 g/mol. The molecule has 0 rings (SSSR count). The van der Waals surface area contributed by atoms with E-state index in [4.69, 9.17) is 5.84 Å². The standard InChI is InChI=1S/C6H14N2O2S/c1-3-4-6(8-7)5-11(2,9)10/h3-5,7H2,1-2H3. The third-order valence-electron chi connectivity index (χ3n) is 1.15. The van der Waals surface area contributed by atoms with Gasteiger partial charge in [0, 0.05) is 6.26 Å². The van der Waals surface area contributed by atoms with Crippen LogP contribution in [-0.4, -0.2) is 26.1 Å². The predicted molar refractivity (Wildman–Crippen MR) is 46.2 cm³/mol. The zero-order valence-electron chi connectivity index (χ0n) is 6.87. The summed E-state index contributed by atoms with van der Waals surface area (Å²) in [5.41, 5.74) is 0.551. The van der Waals surface area contributed by atoms with Crippen molar-refractivity contribution in [3.63, 3.8) is 0 Å². The smallest absolute Gasteiger partial charge is 0.152 e. The molecule has 0 atom stereocenters. The zero-order valence-corrected chi connectivity index (χ0v) is 7.69. The van der Waals surface area contributed by atoms with E-state index in [1.807, 2.05) is 6.92 Å². The van der Waals surface area contributed by atoms with Gasteiger partial charge in [0.05, 0.1) is 11.5 Å². The minimum atomic E-state index is -2.97. The molecule has 0 aromatic rings. The molecule has 66 valence electrons. The molecule has 0 bridgehead atoms. The summed E-state index contributed by atoms with van der Waals surface area (Å²) in [7, 11) is -2.97. The fourth-order valence-electron chi connectivity index (χ4n) is 0.765. The number of nitrogens with zero attached hydrogens (tertiary/aromatic N) is 1. The Balaban J connectivity index is 4.12. The molecule has 11 heavy (non-hydrogen) atoms. The van der Waals surface area contributed by atoms with Crippen molar-refractivity contribution in [3.8, 4) is 0 Å². The Hall–Kier alpha value is -0.580. The number of rotatable bonds is 4. The van der Waals surface area contributed by atoms with Gasteiger partial charge in [-0.25, -0.2) is 8.42 Å². The van der Waals surface area contributed by atoms with Gasteiger partial charge >= 0.3 is 0 Å². The predicted octanol–water partition coefficient (Wildman–Crippen LogP) is 0.146. The molecule has 0 aliphatic rings. The molecule has 0 radical (unpaired) electrons. The van der Waals surface area contributed by atoms with Gasteiger partial charge in [0.25, 0.3) is 0 Å². The first-order chi connectivity index (χ1) is 4.99. The molecule has 5 heteroatoms. The first-order valence-corrected chi connectivity index (χ1v) is 5.49. The van der Waals surface area contributed by atoms with Crippen LogP contribution in [0.4, 0.5) is 0 Å². The molecule has 0 saturated carbocycles. The molecule has 0 fully saturated rings. The van der Waals surface area contributed by atoms with E-state index in [1.165, 1.54) is 6.26 Å². The van der Waals surface area contributed by atoms with Crippen molar-refractivity contribution < 1.29 is 8.42 Å². The van der Waals surface area contributed by atoms with Gasteiger partial charge in [-0.15, -0.1) is 0 Å². The highest BCUT2D eigenvalue weighted by molar-refractivity contribution is 7.91. The first-order valence-electron chi connectivity index (χ1n) is 3.43. The van der Waals surface area contributed by atoms with Gasteiger partial charge < -0.3 is 5.84 Å². The molecule has 0 aliphatic heterocycles. The lowest BCUT2D eigenvalue weighted by molar-refractivity contribution is 0.605. The topological polar surface area (TPSA) is 72.5 Å². The van der Waals surface area contributed by atoms with E-state index in [0.29, 0.717) is 12.1 Å². The van der Waals surface area contributed by atoms with E-state index in [1.54, 1.807) is 0 Å². The molecule has 0 aromatic carbocycles. The van der Waals surface area contributed by atoms with Crippen molar-refractivity contribution in [2.45, 2.75) is 19.8 Å². The van der Waals surface area contributed by atoms with Gasteiger partial charge in [0.1, 0.15) is 0 Å². The van der Waals surface area contributed by atoms with Crippen LogP contribution >= 0.6 is 0 Å². The lowest BCUT2D eigenvalue weighted by atomic mass is 10.2. The van der Waals surface area contributed by atoms with Crippen LogP contribution in [0.15, 0.2) is 5.10 Å². The van der Waals surface area contributed by atoms with Crippen molar-refractivity contribution in [2.75, 3.05) is 12.0 Å². The Morgan fingerprint density at radius 1 is 1.55 bits per heavy atom. The van der Waals surface area contributed by atoms with E-state index < -0.39 is 9.84 Å². The summed E-state index contributed by atoms with van der Waals surface area (Å²) in [5.74, 6) is 4.97. The fourth-order valence-corrected chi connectivity index (χ4v) is 1.59. The molecular weight excluding hydrogens is 164 g/mol. The second-order valence-electron chi connectivity index (χ2n) is 2.52. The average Bonchev–Trinajstić information content (AvgIpc) is 1.84. The second-order valence-corrected chi connectivity index (χ2v) is 4.66. The molecule has 0 unspecified atom stereocenters. The minimum absolute atomic E-state index is 0.0165. The van der Waals surface area contributed by atoms with E-state index in [-0.39, 0.29) is 5.75 Å². The van der Waals surface area contributed by atoms with Crippen molar-refractivity contribution in [2.24, 2.45) is 10.9 Å². The molecule has 0 amide bonds. The van der Waals surface area contributed by atoms with Crippen LogP contribution < -0.4 is 5.84 Å². The Bertz CT molecular complexity index is 231. The van der Waals surface area contributed by atoms with E-state index in [9.17, 15) is 8.42 Å². The Labute approximate surface area is 67.4 Å². The van der Waals surface area contributed by atoms with Gasteiger partial charge in [0.2, 0.25) is 0 Å². The van der Waals surface area contributed by atoms with Crippen molar-refractivity contribution >= 4 is 15.5 Å². The summed E-state index contributed by atoms with van der Waals surface area (Å²) in [6.45, 7) is 1.95. The monoisotopic (exact) mass is 178 g/mol. The van der Waals surface area contributed by atoms with Gasteiger partial charge in [0.15, 0.2) is 9.84 Å². The van der Waals surface area contributed by atoms with Gasteiger partial charge in [-0.3, -0.25) is 0 Å². The minimum Gasteiger partial charge on any atom is -0.323 e. The number of sulfone groups is 1. The van der Waals surface area contributed by atoms with Crippen LogP contribution in [0.2, 0.25) is 0 Å². The number of hydrazone groups is 1. The number of hydrogen-bond donors (Lipinski definition) is 1. The maximum absolute atomic E-state index is 10.7. The Kier molecular flexibility index (Phi) is 4.10. The van der Waals surface area contributed by atoms with E-state index in [0.717, 1.165) is 6.42 Å². The summed E-state index contributed by atoms with van der Waals surface area (Å²) < 4.78 is 21.5. The molecule has 2 N–H and O–H groups in total. The molecule has 0 aliphatic carbocycles. The van der Waals surface area contributed by atoms with Crippen molar-refractivity contribution in [1.29, 1.82) is 0 Å². The summed E-state index contributed by atoms with van der Waals surface area (Å²) in [4.78, 5) is 0. The van der Waals surface area contributed by atoms with Crippen LogP contribution in [0.25, 0.3) is 0 Å². The van der Waals surface area contributed by atoms with Crippen LogP contribution in [0, 0.1) is 0 Å². The van der Waals surface area contributed by atoms with E-state index >= 15 is 0 Å². The maximum Gasteiger partial charge on any atom is 0.152 e. The fraction of sp³-hybridized carbons (Fsp3) is 0.833. The van der Waals surface area contributed by atoms with Crippen molar-refractivity contribution in [1.82, 2.24) is 0 Å². The SMILES string of the molecule is CCCC(CS(C)(=O)=O)=NN. The normalized spacial score (nSPS) is 13.5. The third kappa shape index (κ3) is 5.84. The quantitative estimate of drug-likeness (QED) is 0.378. The summed E-state index contributed by atoms with van der Waals surface area (Å²) >= 11 is 0. The lowest BCUT2D eigenvalue weighted by Crippen LogP contribution is -2.15. The molecule has 0 heterocycles. The second kappa shape index (κ2) is 4.33. The summed E-state index contributed by atoms with van der Waals surface area (Å²) in [5, 5.41) is 3.40. The molecule has 0 aromatic heterocycles. The van der Waals surface area contributed by atoms with Gasteiger partial charge in [-0.1, -0.05) is 13.3 Å². The molecular formula is C6H14N2O2S. The van der Waals surface area contributed by atoms with Gasteiger partial charge in [-0.2, -0.15) is 5.10 Å². The molecule has 0 spiro atoms. The highest BCUT2D eigenvalue weighted by atomic mass is 32.2. The lowest BCUT2D eigenvalue weighted by Gasteiger charge is -1.99. The van der Waals surface area contributed by atoms with Crippen LogP contribution in [-0.2, 0) is 9.84 Å². The highest BCUT2D eigenvalue weighted by Crippen LogP contribution is 1.94. The largest absolute Gasteiger partial charge is 0.323 e. The number of hydrogen-bond acceptors (Lipinski definition) is 4. The summed E-state index contributed by atoms with van der Waals surface area (Å²) in [6, 6.07) is 0. The zero-order chi connectivity index (χ0) is 8.91. The van der Waals surface area contributed by atoms with Gasteiger partial charge in [-0.05, 0) is 6.42 Å². The Morgan fingerprint density at radius 3 is 2.36 bits per heavy atom. The third-order valence-corrected chi connectivity index (χ3v) is 2.01. The van der Waals surface area contributed by atoms with Crippen molar-refractivity contribution in [3.05, 3.63) is 0 Å². The van der Waals surface area contributed by atoms with Crippen LogP contribution in [0.1, 0.15) is 19.8 Å².